The molecule has 0 aliphatic carbocycles. The molecule has 0 aromatic rings. The zero-order valence-electron chi connectivity index (χ0n) is 10.5. The van der Waals surface area contributed by atoms with E-state index in [2.05, 4.69) is 58.9 Å². The zero-order valence-corrected chi connectivity index (χ0v) is 10.5. The first kappa shape index (κ1) is 13.5. The summed E-state index contributed by atoms with van der Waals surface area (Å²) in [5.41, 5.74) is 0.436. The highest BCUT2D eigenvalue weighted by Crippen LogP contribution is 2.33. The molecule has 0 aromatic heterocycles. The van der Waals surface area contributed by atoms with Gasteiger partial charge in [-0.1, -0.05) is 65.3 Å². The van der Waals surface area contributed by atoms with E-state index in [-0.39, 0.29) is 0 Å². The Bertz CT molecular complexity index is 184. The van der Waals surface area contributed by atoms with Crippen LogP contribution in [0.15, 0.2) is 24.3 Å². The maximum absolute atomic E-state index is 2.36. The Morgan fingerprint density at radius 2 is 1.71 bits per heavy atom. The number of hydrogen-bond acceptors (Lipinski definition) is 0. The summed E-state index contributed by atoms with van der Waals surface area (Å²) in [7, 11) is 0. The molecular formula is C14H26. The minimum absolute atomic E-state index is 0.436. The molecule has 0 bridgehead atoms. The summed E-state index contributed by atoms with van der Waals surface area (Å²) in [5.74, 6) is 0.703. The van der Waals surface area contributed by atoms with Crippen LogP contribution in [0.4, 0.5) is 0 Å². The van der Waals surface area contributed by atoms with Crippen LogP contribution in [0.2, 0.25) is 0 Å². The van der Waals surface area contributed by atoms with Crippen molar-refractivity contribution < 1.29 is 0 Å². The Kier molecular flexibility index (Phi) is 6.61. The predicted molar refractivity (Wildman–Crippen MR) is 66.4 cm³/mol. The van der Waals surface area contributed by atoms with Gasteiger partial charge < -0.3 is 0 Å². The van der Waals surface area contributed by atoms with E-state index >= 15 is 0 Å². The Labute approximate surface area is 90.1 Å². The summed E-state index contributed by atoms with van der Waals surface area (Å²) in [6, 6.07) is 0. The number of rotatable bonds is 6. The van der Waals surface area contributed by atoms with E-state index in [1.165, 1.54) is 12.8 Å². The lowest BCUT2D eigenvalue weighted by molar-refractivity contribution is 0.243. The van der Waals surface area contributed by atoms with Gasteiger partial charge in [0.2, 0.25) is 0 Å². The molecule has 1 atom stereocenters. The molecule has 0 fully saturated rings. The minimum Gasteiger partial charge on any atom is -0.0848 e. The van der Waals surface area contributed by atoms with Crippen LogP contribution < -0.4 is 0 Å². The van der Waals surface area contributed by atoms with Crippen LogP contribution in [-0.2, 0) is 0 Å². The summed E-state index contributed by atoms with van der Waals surface area (Å²) in [4.78, 5) is 0. The van der Waals surface area contributed by atoms with E-state index in [1.54, 1.807) is 0 Å². The van der Waals surface area contributed by atoms with Gasteiger partial charge in [0.15, 0.2) is 0 Å². The topological polar surface area (TPSA) is 0 Å². The molecule has 0 spiro atoms. The molecule has 0 aliphatic heterocycles. The van der Waals surface area contributed by atoms with Gasteiger partial charge in [-0.3, -0.25) is 0 Å². The number of hydrogen-bond donors (Lipinski definition) is 0. The van der Waals surface area contributed by atoms with Gasteiger partial charge in [0.1, 0.15) is 0 Å². The lowest BCUT2D eigenvalue weighted by Gasteiger charge is -2.30. The lowest BCUT2D eigenvalue weighted by atomic mass is 9.75. The van der Waals surface area contributed by atoms with Crippen molar-refractivity contribution in [2.75, 3.05) is 0 Å². The third kappa shape index (κ3) is 4.64. The third-order valence-corrected chi connectivity index (χ3v) is 3.18. The van der Waals surface area contributed by atoms with Gasteiger partial charge in [-0.15, -0.1) is 0 Å². The van der Waals surface area contributed by atoms with Gasteiger partial charge in [0, 0.05) is 0 Å². The fourth-order valence-corrected chi connectivity index (χ4v) is 1.62. The Hall–Kier alpha value is -0.520. The second-order valence-corrected chi connectivity index (χ2v) is 4.58. The second-order valence-electron chi connectivity index (χ2n) is 4.58. The molecule has 0 heterocycles. The second kappa shape index (κ2) is 6.86. The first-order valence-corrected chi connectivity index (χ1v) is 5.91. The quantitative estimate of drug-likeness (QED) is 0.524. The van der Waals surface area contributed by atoms with Crippen molar-refractivity contribution in [1.82, 2.24) is 0 Å². The zero-order chi connectivity index (χ0) is 11.0. The molecule has 0 radical (unpaired) electrons. The summed E-state index contributed by atoms with van der Waals surface area (Å²) < 4.78 is 0. The highest BCUT2D eigenvalue weighted by Gasteiger charge is 2.23. The van der Waals surface area contributed by atoms with E-state index in [1.807, 2.05) is 0 Å². The molecule has 0 aliphatic rings. The summed E-state index contributed by atoms with van der Waals surface area (Å²) in [6.45, 7) is 11.4. The van der Waals surface area contributed by atoms with Gasteiger partial charge >= 0.3 is 0 Å². The molecule has 0 amide bonds. The van der Waals surface area contributed by atoms with Crippen molar-refractivity contribution in [3.63, 3.8) is 0 Å². The molecule has 0 nitrogen and oxygen atoms in total. The van der Waals surface area contributed by atoms with Crippen molar-refractivity contribution in [3.8, 4) is 0 Å². The smallest absolute Gasteiger partial charge is 0.0182 e. The summed E-state index contributed by atoms with van der Waals surface area (Å²) in [5, 5.41) is 0. The molecule has 0 saturated carbocycles. The Balaban J connectivity index is 4.28. The molecular weight excluding hydrogens is 168 g/mol. The van der Waals surface area contributed by atoms with Gasteiger partial charge in [-0.05, 0) is 24.2 Å². The molecule has 1 unspecified atom stereocenters. The third-order valence-electron chi connectivity index (χ3n) is 3.18. The highest BCUT2D eigenvalue weighted by molar-refractivity contribution is 5.06. The predicted octanol–water partition coefficient (Wildman–Crippen LogP) is 4.97. The number of allylic oxidation sites excluding steroid dienone is 4. The van der Waals surface area contributed by atoms with E-state index in [9.17, 15) is 0 Å². The standard InChI is InChI=1S/C14H26/c1-6-9-10-11-12-13(7-2)14(4,5)8-3/h9-13H,6-8H2,1-5H3. The highest BCUT2D eigenvalue weighted by atomic mass is 14.3. The monoisotopic (exact) mass is 194 g/mol. The van der Waals surface area contributed by atoms with Gasteiger partial charge in [0.25, 0.3) is 0 Å². The van der Waals surface area contributed by atoms with Crippen molar-refractivity contribution >= 4 is 0 Å². The van der Waals surface area contributed by atoms with Crippen LogP contribution in [-0.4, -0.2) is 0 Å². The van der Waals surface area contributed by atoms with Crippen LogP contribution in [0.1, 0.15) is 53.9 Å². The summed E-state index contributed by atoms with van der Waals surface area (Å²) in [6.07, 6.45) is 12.5. The van der Waals surface area contributed by atoms with Crippen LogP contribution in [0.3, 0.4) is 0 Å². The van der Waals surface area contributed by atoms with Crippen molar-refractivity contribution in [2.45, 2.75) is 53.9 Å². The van der Waals surface area contributed by atoms with Gasteiger partial charge in [0.05, 0.1) is 0 Å². The molecule has 0 N–H and O–H groups in total. The average molecular weight is 194 g/mol. The van der Waals surface area contributed by atoms with E-state index in [0.29, 0.717) is 11.3 Å². The van der Waals surface area contributed by atoms with Crippen molar-refractivity contribution in [2.24, 2.45) is 11.3 Å². The normalized spacial score (nSPS) is 15.5. The molecule has 14 heavy (non-hydrogen) atoms. The maximum Gasteiger partial charge on any atom is -0.0182 e. The molecule has 82 valence electrons. The van der Waals surface area contributed by atoms with Gasteiger partial charge in [-0.2, -0.15) is 0 Å². The van der Waals surface area contributed by atoms with Crippen molar-refractivity contribution in [1.29, 1.82) is 0 Å². The molecule has 0 saturated heterocycles. The average Bonchev–Trinajstić information content (AvgIpc) is 2.17. The largest absolute Gasteiger partial charge is 0.0848 e. The van der Waals surface area contributed by atoms with Crippen LogP contribution in [0.25, 0.3) is 0 Å². The van der Waals surface area contributed by atoms with Crippen LogP contribution in [0, 0.1) is 11.3 Å². The van der Waals surface area contributed by atoms with Crippen LogP contribution in [0.5, 0.6) is 0 Å². The van der Waals surface area contributed by atoms with Crippen molar-refractivity contribution in [3.05, 3.63) is 24.3 Å². The van der Waals surface area contributed by atoms with E-state index in [0.717, 1.165) is 6.42 Å². The Morgan fingerprint density at radius 1 is 1.07 bits per heavy atom. The first-order valence-electron chi connectivity index (χ1n) is 5.91. The maximum atomic E-state index is 2.36. The molecule has 0 aromatic carbocycles. The molecule has 0 rings (SSSR count). The minimum atomic E-state index is 0.436. The SMILES string of the molecule is CCC=CC=CC(CC)C(C)(C)CC. The first-order chi connectivity index (χ1) is 6.58. The summed E-state index contributed by atoms with van der Waals surface area (Å²) >= 11 is 0. The Morgan fingerprint density at radius 3 is 2.14 bits per heavy atom. The fourth-order valence-electron chi connectivity index (χ4n) is 1.62. The van der Waals surface area contributed by atoms with E-state index < -0.39 is 0 Å². The van der Waals surface area contributed by atoms with E-state index in [4.69, 9.17) is 0 Å². The van der Waals surface area contributed by atoms with Gasteiger partial charge in [-0.25, -0.2) is 0 Å². The molecule has 0 heteroatoms. The fraction of sp³-hybridized carbons (Fsp3) is 0.714. The van der Waals surface area contributed by atoms with Crippen LogP contribution >= 0.6 is 0 Å². The lowest BCUT2D eigenvalue weighted by Crippen LogP contribution is -2.20.